The van der Waals surface area contributed by atoms with Crippen LogP contribution in [0.2, 0.25) is 0 Å². The summed E-state index contributed by atoms with van der Waals surface area (Å²) in [6.45, 7) is 2.09. The van der Waals surface area contributed by atoms with Gasteiger partial charge in [-0.15, -0.1) is 0 Å². The highest BCUT2D eigenvalue weighted by molar-refractivity contribution is 8.18. The van der Waals surface area contributed by atoms with Crippen molar-refractivity contribution >= 4 is 45.5 Å². The fourth-order valence-electron chi connectivity index (χ4n) is 3.33. The van der Waals surface area contributed by atoms with Crippen molar-refractivity contribution in [1.82, 2.24) is 4.90 Å². The largest absolute Gasteiger partial charge is 0.493 e. The fourth-order valence-corrected chi connectivity index (χ4v) is 4.15. The number of carbonyl (C=O) groups is 3. The quantitative estimate of drug-likeness (QED) is 0.410. The van der Waals surface area contributed by atoms with E-state index < -0.39 is 11.1 Å². The third-order valence-corrected chi connectivity index (χ3v) is 5.68. The van der Waals surface area contributed by atoms with Crippen LogP contribution in [0.4, 0.5) is 4.79 Å². The minimum Gasteiger partial charge on any atom is -0.493 e. The normalized spacial score (nSPS) is 15.2. The van der Waals surface area contributed by atoms with Gasteiger partial charge in [-0.2, -0.15) is 0 Å². The first-order chi connectivity index (χ1) is 14.6. The van der Waals surface area contributed by atoms with E-state index in [-0.39, 0.29) is 17.2 Å². The number of rotatable bonds is 6. The summed E-state index contributed by atoms with van der Waals surface area (Å²) in [5.41, 5.74) is 1.21. The molecule has 0 radical (unpaired) electrons. The molecule has 3 aromatic rings. The lowest BCUT2D eigenvalue weighted by molar-refractivity contribution is -0.122. The van der Waals surface area contributed by atoms with Crippen LogP contribution >= 0.6 is 11.8 Å². The van der Waals surface area contributed by atoms with E-state index in [9.17, 15) is 14.4 Å². The molecule has 0 saturated carbocycles. The van der Waals surface area contributed by atoms with Gasteiger partial charge in [0.15, 0.2) is 5.78 Å². The molecule has 2 amide bonds. The van der Waals surface area contributed by atoms with Crippen LogP contribution < -0.4 is 4.74 Å². The first-order valence-electron chi connectivity index (χ1n) is 9.56. The highest BCUT2D eigenvalue weighted by atomic mass is 32.2. The number of ether oxygens (including phenoxy) is 1. The summed E-state index contributed by atoms with van der Waals surface area (Å²) in [7, 11) is 0. The van der Waals surface area contributed by atoms with Gasteiger partial charge in [0, 0.05) is 11.1 Å². The minimum atomic E-state index is -0.468. The zero-order valence-electron chi connectivity index (χ0n) is 16.3. The van der Waals surface area contributed by atoms with E-state index in [0.29, 0.717) is 17.9 Å². The summed E-state index contributed by atoms with van der Waals surface area (Å²) >= 11 is 0.840. The van der Waals surface area contributed by atoms with Crippen LogP contribution in [0.15, 0.2) is 71.6 Å². The molecule has 0 aliphatic carbocycles. The summed E-state index contributed by atoms with van der Waals surface area (Å²) in [6, 6.07) is 20.2. The lowest BCUT2D eigenvalue weighted by Gasteiger charge is -2.12. The van der Waals surface area contributed by atoms with E-state index in [2.05, 4.69) is 0 Å². The van der Waals surface area contributed by atoms with Crippen LogP contribution in [0.25, 0.3) is 16.8 Å². The topological polar surface area (TPSA) is 63.7 Å². The number of Topliss-reactive ketones (excluding diaryl/α,β-unsaturated/α-hetero) is 1. The number of fused-ring (bicyclic) bond motifs is 1. The van der Waals surface area contributed by atoms with Gasteiger partial charge in [0.05, 0.1) is 18.1 Å². The highest BCUT2D eigenvalue weighted by Crippen LogP contribution is 2.36. The van der Waals surface area contributed by atoms with E-state index >= 15 is 0 Å². The average Bonchev–Trinajstić information content (AvgIpc) is 3.03. The molecule has 3 aromatic carbocycles. The Labute approximate surface area is 178 Å². The van der Waals surface area contributed by atoms with E-state index in [4.69, 9.17) is 4.74 Å². The smallest absolute Gasteiger partial charge is 0.293 e. The van der Waals surface area contributed by atoms with E-state index in [1.165, 1.54) is 0 Å². The molecule has 30 heavy (non-hydrogen) atoms. The minimum absolute atomic E-state index is 0.276. The second-order valence-corrected chi connectivity index (χ2v) is 7.68. The Morgan fingerprint density at radius 2 is 1.73 bits per heavy atom. The summed E-state index contributed by atoms with van der Waals surface area (Å²) in [5.74, 6) is -0.104. The summed E-state index contributed by atoms with van der Waals surface area (Å²) < 4.78 is 5.75. The predicted octanol–water partition coefficient (Wildman–Crippen LogP) is 5.16. The molecule has 4 rings (SSSR count). The number of ketones is 1. The number of nitrogens with zero attached hydrogens (tertiary/aromatic N) is 1. The number of thioether (sulfide) groups is 1. The fraction of sp³-hybridized carbons (Fsp3) is 0.125. The Kier molecular flexibility index (Phi) is 5.68. The maximum absolute atomic E-state index is 12.9. The Hall–Kier alpha value is -3.38. The first-order valence-corrected chi connectivity index (χ1v) is 10.4. The zero-order valence-corrected chi connectivity index (χ0v) is 17.1. The highest BCUT2D eigenvalue weighted by Gasteiger charge is 2.36. The maximum atomic E-state index is 12.9. The molecule has 1 fully saturated rings. The number of amides is 2. The Balaban J connectivity index is 1.67. The Morgan fingerprint density at radius 1 is 1.00 bits per heavy atom. The average molecular weight is 417 g/mol. The zero-order chi connectivity index (χ0) is 21.1. The molecule has 0 atom stereocenters. The number of hydrogen-bond acceptors (Lipinski definition) is 5. The van der Waals surface area contributed by atoms with Gasteiger partial charge in [-0.3, -0.25) is 19.3 Å². The van der Waals surface area contributed by atoms with Gasteiger partial charge in [-0.05, 0) is 41.6 Å². The number of benzene rings is 3. The second-order valence-electron chi connectivity index (χ2n) is 6.69. The second kappa shape index (κ2) is 8.55. The third-order valence-electron chi connectivity index (χ3n) is 4.78. The van der Waals surface area contributed by atoms with Crippen LogP contribution in [-0.2, 0) is 4.79 Å². The monoisotopic (exact) mass is 417 g/mol. The van der Waals surface area contributed by atoms with Gasteiger partial charge < -0.3 is 4.74 Å². The molecular formula is C24H19NO4S. The van der Waals surface area contributed by atoms with Gasteiger partial charge in [-0.25, -0.2) is 0 Å². The summed E-state index contributed by atoms with van der Waals surface area (Å²) in [6.07, 6.45) is 1.69. The molecular weight excluding hydrogens is 398 g/mol. The maximum Gasteiger partial charge on any atom is 0.293 e. The molecule has 1 aliphatic heterocycles. The van der Waals surface area contributed by atoms with E-state index in [0.717, 1.165) is 33.0 Å². The van der Waals surface area contributed by atoms with Gasteiger partial charge in [0.2, 0.25) is 0 Å². The molecule has 1 saturated heterocycles. The van der Waals surface area contributed by atoms with E-state index in [1.54, 1.807) is 36.4 Å². The van der Waals surface area contributed by atoms with Crippen LogP contribution in [0, 0.1) is 0 Å². The van der Waals surface area contributed by atoms with Crippen molar-refractivity contribution in [1.29, 1.82) is 0 Å². The predicted molar refractivity (Wildman–Crippen MR) is 119 cm³/mol. The van der Waals surface area contributed by atoms with Crippen molar-refractivity contribution in [3.8, 4) is 5.75 Å². The lowest BCUT2D eigenvalue weighted by atomic mass is 10.0. The number of carbonyl (C=O) groups excluding carboxylic acids is 3. The Bertz CT molecular complexity index is 1170. The van der Waals surface area contributed by atoms with Crippen molar-refractivity contribution < 1.29 is 19.1 Å². The molecule has 0 aromatic heterocycles. The first kappa shape index (κ1) is 19.9. The molecule has 5 nitrogen and oxygen atoms in total. The molecule has 0 spiro atoms. The SMILES string of the molecule is CCOc1ccc2ccccc2c1/C=C1/SC(=O)N(CC(=O)c2ccccc2)C1=O. The molecule has 150 valence electrons. The van der Waals surface area contributed by atoms with Crippen molar-refractivity contribution in [3.05, 3.63) is 82.8 Å². The third kappa shape index (κ3) is 3.86. The van der Waals surface area contributed by atoms with Crippen LogP contribution in [0.5, 0.6) is 5.75 Å². The summed E-state index contributed by atoms with van der Waals surface area (Å²) in [5, 5.41) is 1.48. The van der Waals surface area contributed by atoms with Crippen molar-refractivity contribution in [2.75, 3.05) is 13.2 Å². The standard InChI is InChI=1S/C24H19NO4S/c1-2-29-21-13-12-16-8-6-7-11-18(16)19(21)14-22-23(27)25(24(28)30-22)15-20(26)17-9-4-3-5-10-17/h3-14H,2,15H2,1H3/b22-14+. The molecule has 0 N–H and O–H groups in total. The molecule has 6 heteroatoms. The van der Waals surface area contributed by atoms with Crippen LogP contribution in [0.3, 0.4) is 0 Å². The number of imide groups is 1. The van der Waals surface area contributed by atoms with Crippen LogP contribution in [-0.4, -0.2) is 35.0 Å². The van der Waals surface area contributed by atoms with Crippen LogP contribution in [0.1, 0.15) is 22.8 Å². The van der Waals surface area contributed by atoms with Gasteiger partial charge in [0.1, 0.15) is 5.75 Å². The van der Waals surface area contributed by atoms with Gasteiger partial charge in [-0.1, -0.05) is 60.7 Å². The van der Waals surface area contributed by atoms with Crippen molar-refractivity contribution in [3.63, 3.8) is 0 Å². The number of hydrogen-bond donors (Lipinski definition) is 0. The van der Waals surface area contributed by atoms with Crippen molar-refractivity contribution in [2.24, 2.45) is 0 Å². The van der Waals surface area contributed by atoms with E-state index in [1.807, 2.05) is 43.3 Å². The molecule has 0 bridgehead atoms. The Morgan fingerprint density at radius 3 is 2.50 bits per heavy atom. The lowest BCUT2D eigenvalue weighted by Crippen LogP contribution is -2.33. The molecule has 1 heterocycles. The van der Waals surface area contributed by atoms with Gasteiger partial charge in [0.25, 0.3) is 11.1 Å². The summed E-state index contributed by atoms with van der Waals surface area (Å²) in [4.78, 5) is 39.1. The van der Waals surface area contributed by atoms with Gasteiger partial charge >= 0.3 is 0 Å². The molecule has 1 aliphatic rings. The molecule has 0 unspecified atom stereocenters. The van der Waals surface area contributed by atoms with Crippen molar-refractivity contribution in [2.45, 2.75) is 6.92 Å².